The van der Waals surface area contributed by atoms with Crippen LogP contribution in [0.2, 0.25) is 0 Å². The number of hydrogen-bond acceptors (Lipinski definition) is 2. The molecule has 1 aliphatic heterocycles. The van der Waals surface area contributed by atoms with Crippen molar-refractivity contribution in [3.8, 4) is 0 Å². The van der Waals surface area contributed by atoms with Crippen LogP contribution in [0.3, 0.4) is 0 Å². The highest BCUT2D eigenvalue weighted by atomic mass is 79.9. The van der Waals surface area contributed by atoms with Crippen LogP contribution in [0.5, 0.6) is 0 Å². The van der Waals surface area contributed by atoms with Gasteiger partial charge in [0.05, 0.1) is 0 Å². The first kappa shape index (κ1) is 12.1. The lowest BCUT2D eigenvalue weighted by atomic mass is 9.94. The van der Waals surface area contributed by atoms with Gasteiger partial charge in [-0.25, -0.2) is 0 Å². The Balaban J connectivity index is 1.82. The molecule has 88 valence electrons. The van der Waals surface area contributed by atoms with Crippen LogP contribution < -0.4 is 0 Å². The Hall–Kier alpha value is -0.410. The highest BCUT2D eigenvalue weighted by molar-refractivity contribution is 9.09. The Labute approximate surface area is 106 Å². The van der Waals surface area contributed by atoms with Gasteiger partial charge in [0, 0.05) is 23.8 Å². The second kappa shape index (κ2) is 5.78. The molecule has 1 atom stereocenters. The van der Waals surface area contributed by atoms with E-state index in [1.165, 1.54) is 31.5 Å². The van der Waals surface area contributed by atoms with Crippen LogP contribution in [-0.4, -0.2) is 27.8 Å². The van der Waals surface area contributed by atoms with Crippen molar-refractivity contribution in [2.45, 2.75) is 31.1 Å². The SMILES string of the molecule is CC(Br)C1CCN(Cc2ccncc2)CC1. The predicted octanol–water partition coefficient (Wildman–Crippen LogP) is 3.08. The fraction of sp³-hybridized carbons (Fsp3) is 0.615. The fourth-order valence-corrected chi connectivity index (χ4v) is 2.85. The third-order valence-corrected chi connectivity index (χ3v) is 4.18. The van der Waals surface area contributed by atoms with E-state index in [4.69, 9.17) is 0 Å². The molecule has 1 aliphatic rings. The Morgan fingerprint density at radius 3 is 2.56 bits per heavy atom. The van der Waals surface area contributed by atoms with E-state index in [0.717, 1.165) is 12.5 Å². The molecule has 3 heteroatoms. The summed E-state index contributed by atoms with van der Waals surface area (Å²) in [7, 11) is 0. The van der Waals surface area contributed by atoms with Crippen LogP contribution in [0.1, 0.15) is 25.3 Å². The standard InChI is InChI=1S/C13H19BrN2/c1-11(14)13-4-8-16(9-5-13)10-12-2-6-15-7-3-12/h2-3,6-7,11,13H,4-5,8-10H2,1H3. The number of pyridine rings is 1. The molecule has 1 fully saturated rings. The average Bonchev–Trinajstić information content (AvgIpc) is 2.31. The Morgan fingerprint density at radius 2 is 2.00 bits per heavy atom. The Bertz CT molecular complexity index is 305. The van der Waals surface area contributed by atoms with Gasteiger partial charge in [-0.1, -0.05) is 22.9 Å². The number of nitrogens with zero attached hydrogens (tertiary/aromatic N) is 2. The number of rotatable bonds is 3. The van der Waals surface area contributed by atoms with Crippen molar-refractivity contribution in [1.82, 2.24) is 9.88 Å². The zero-order valence-electron chi connectivity index (χ0n) is 9.77. The first-order valence-electron chi connectivity index (χ1n) is 6.01. The topological polar surface area (TPSA) is 16.1 Å². The van der Waals surface area contributed by atoms with Gasteiger partial charge in [-0.15, -0.1) is 0 Å². The zero-order valence-corrected chi connectivity index (χ0v) is 11.4. The minimum Gasteiger partial charge on any atom is -0.299 e. The molecule has 2 nitrogen and oxygen atoms in total. The van der Waals surface area contributed by atoms with Gasteiger partial charge in [-0.05, 0) is 49.5 Å². The van der Waals surface area contributed by atoms with Gasteiger partial charge in [0.2, 0.25) is 0 Å². The molecule has 0 bridgehead atoms. The summed E-state index contributed by atoms with van der Waals surface area (Å²) in [5, 5.41) is 0. The fourth-order valence-electron chi connectivity index (χ4n) is 2.32. The van der Waals surface area contributed by atoms with Gasteiger partial charge in [-0.3, -0.25) is 9.88 Å². The van der Waals surface area contributed by atoms with Gasteiger partial charge in [0.1, 0.15) is 0 Å². The van der Waals surface area contributed by atoms with Crippen molar-refractivity contribution < 1.29 is 0 Å². The molecule has 1 saturated heterocycles. The molecule has 0 amide bonds. The van der Waals surface area contributed by atoms with E-state index in [0.29, 0.717) is 4.83 Å². The number of alkyl halides is 1. The normalized spacial score (nSPS) is 20.9. The van der Waals surface area contributed by atoms with E-state index >= 15 is 0 Å². The van der Waals surface area contributed by atoms with Crippen molar-refractivity contribution in [1.29, 1.82) is 0 Å². The Morgan fingerprint density at radius 1 is 1.38 bits per heavy atom. The molecular formula is C13H19BrN2. The van der Waals surface area contributed by atoms with Crippen LogP contribution in [0.25, 0.3) is 0 Å². The van der Waals surface area contributed by atoms with Crippen molar-refractivity contribution in [3.63, 3.8) is 0 Å². The number of halogens is 1. The molecule has 0 saturated carbocycles. The predicted molar refractivity (Wildman–Crippen MR) is 70.6 cm³/mol. The highest BCUT2D eigenvalue weighted by Crippen LogP contribution is 2.25. The van der Waals surface area contributed by atoms with Gasteiger partial charge >= 0.3 is 0 Å². The summed E-state index contributed by atoms with van der Waals surface area (Å²) in [4.78, 5) is 7.25. The minimum atomic E-state index is 0.663. The largest absolute Gasteiger partial charge is 0.299 e. The molecule has 1 unspecified atom stereocenters. The minimum absolute atomic E-state index is 0.663. The van der Waals surface area contributed by atoms with E-state index in [1.807, 2.05) is 12.4 Å². The number of piperidine rings is 1. The zero-order chi connectivity index (χ0) is 11.4. The average molecular weight is 283 g/mol. The van der Waals surface area contributed by atoms with Crippen LogP contribution >= 0.6 is 15.9 Å². The van der Waals surface area contributed by atoms with Crippen LogP contribution in [0.15, 0.2) is 24.5 Å². The van der Waals surface area contributed by atoms with E-state index in [9.17, 15) is 0 Å². The monoisotopic (exact) mass is 282 g/mol. The summed E-state index contributed by atoms with van der Waals surface area (Å²) in [6.45, 7) is 5.79. The van der Waals surface area contributed by atoms with E-state index in [-0.39, 0.29) is 0 Å². The second-order valence-corrected chi connectivity index (χ2v) is 6.09. The maximum Gasteiger partial charge on any atom is 0.0271 e. The molecule has 0 aromatic carbocycles. The lowest BCUT2D eigenvalue weighted by molar-refractivity contribution is 0.178. The van der Waals surface area contributed by atoms with Crippen molar-refractivity contribution in [2.24, 2.45) is 5.92 Å². The van der Waals surface area contributed by atoms with Gasteiger partial charge in [-0.2, -0.15) is 0 Å². The lowest BCUT2D eigenvalue weighted by Crippen LogP contribution is -2.35. The molecule has 2 heterocycles. The van der Waals surface area contributed by atoms with Gasteiger partial charge in [0.25, 0.3) is 0 Å². The highest BCUT2D eigenvalue weighted by Gasteiger charge is 2.22. The second-order valence-electron chi connectivity index (χ2n) is 4.65. The Kier molecular flexibility index (Phi) is 4.36. The third-order valence-electron chi connectivity index (χ3n) is 3.44. The summed E-state index contributed by atoms with van der Waals surface area (Å²) >= 11 is 3.70. The molecule has 1 aromatic rings. The summed E-state index contributed by atoms with van der Waals surface area (Å²) < 4.78 is 0. The number of hydrogen-bond donors (Lipinski definition) is 0. The van der Waals surface area contributed by atoms with Crippen molar-refractivity contribution in [2.75, 3.05) is 13.1 Å². The molecule has 2 rings (SSSR count). The van der Waals surface area contributed by atoms with Crippen LogP contribution in [-0.2, 0) is 6.54 Å². The summed E-state index contributed by atoms with van der Waals surface area (Å²) in [5.74, 6) is 0.855. The summed E-state index contributed by atoms with van der Waals surface area (Å²) in [6, 6.07) is 4.22. The van der Waals surface area contributed by atoms with Crippen LogP contribution in [0, 0.1) is 5.92 Å². The van der Waals surface area contributed by atoms with E-state index < -0.39 is 0 Å². The van der Waals surface area contributed by atoms with Crippen molar-refractivity contribution >= 4 is 15.9 Å². The summed E-state index contributed by atoms with van der Waals surface area (Å²) in [5.41, 5.74) is 1.38. The summed E-state index contributed by atoms with van der Waals surface area (Å²) in [6.07, 6.45) is 6.39. The molecule has 0 N–H and O–H groups in total. The quantitative estimate of drug-likeness (QED) is 0.792. The van der Waals surface area contributed by atoms with Crippen LogP contribution in [0.4, 0.5) is 0 Å². The van der Waals surface area contributed by atoms with Gasteiger partial charge in [0.15, 0.2) is 0 Å². The first-order valence-corrected chi connectivity index (χ1v) is 6.92. The first-order chi connectivity index (χ1) is 7.75. The van der Waals surface area contributed by atoms with Gasteiger partial charge < -0.3 is 0 Å². The molecule has 0 radical (unpaired) electrons. The van der Waals surface area contributed by atoms with E-state index in [2.05, 4.69) is 44.9 Å². The molecule has 0 aliphatic carbocycles. The molecule has 16 heavy (non-hydrogen) atoms. The van der Waals surface area contributed by atoms with E-state index in [1.54, 1.807) is 0 Å². The molecule has 0 spiro atoms. The number of aromatic nitrogens is 1. The maximum absolute atomic E-state index is 4.05. The number of likely N-dealkylation sites (tertiary alicyclic amines) is 1. The smallest absolute Gasteiger partial charge is 0.0271 e. The molecular weight excluding hydrogens is 264 g/mol. The lowest BCUT2D eigenvalue weighted by Gasteiger charge is -2.33. The molecule has 1 aromatic heterocycles. The van der Waals surface area contributed by atoms with Crippen molar-refractivity contribution in [3.05, 3.63) is 30.1 Å². The third kappa shape index (κ3) is 3.29. The maximum atomic E-state index is 4.05.